The summed E-state index contributed by atoms with van der Waals surface area (Å²) in [4.78, 5) is 24.4. The van der Waals surface area contributed by atoms with Gasteiger partial charge in [0.2, 0.25) is 11.8 Å². The van der Waals surface area contributed by atoms with Crippen molar-refractivity contribution >= 4 is 23.6 Å². The minimum absolute atomic E-state index is 0.219. The first-order valence-electron chi connectivity index (χ1n) is 7.54. The molecule has 2 aromatic carbocycles. The second-order valence-electron chi connectivity index (χ2n) is 5.32. The Balaban J connectivity index is 1.64. The number of amides is 2. The summed E-state index contributed by atoms with van der Waals surface area (Å²) in [6.45, 7) is 2.00. The average molecular weight is 346 g/mol. The molecular formula is C18H19FN2O2S. The third-order valence-corrected chi connectivity index (χ3v) is 4.30. The van der Waals surface area contributed by atoms with Crippen LogP contribution in [0.15, 0.2) is 53.4 Å². The third-order valence-electron chi connectivity index (χ3n) is 3.29. The molecule has 24 heavy (non-hydrogen) atoms. The molecule has 0 saturated heterocycles. The lowest BCUT2D eigenvalue weighted by Gasteiger charge is -2.07. The van der Waals surface area contributed by atoms with Gasteiger partial charge >= 0.3 is 0 Å². The van der Waals surface area contributed by atoms with Crippen LogP contribution in [0, 0.1) is 12.7 Å². The van der Waals surface area contributed by atoms with Crippen LogP contribution in [-0.4, -0.2) is 17.6 Å². The molecule has 0 aromatic heterocycles. The van der Waals surface area contributed by atoms with Gasteiger partial charge in [-0.15, -0.1) is 11.8 Å². The average Bonchev–Trinajstić information content (AvgIpc) is 2.59. The fraction of sp³-hybridized carbons (Fsp3) is 0.222. The van der Waals surface area contributed by atoms with E-state index in [1.807, 2.05) is 31.2 Å². The lowest BCUT2D eigenvalue weighted by atomic mass is 10.1. The van der Waals surface area contributed by atoms with E-state index in [1.165, 1.54) is 23.9 Å². The Hall–Kier alpha value is -2.34. The largest absolute Gasteiger partial charge is 0.273 e. The first kappa shape index (κ1) is 18.0. The summed E-state index contributed by atoms with van der Waals surface area (Å²) in [6, 6.07) is 13.9. The predicted molar refractivity (Wildman–Crippen MR) is 92.9 cm³/mol. The number of hydrogen-bond acceptors (Lipinski definition) is 3. The first-order valence-corrected chi connectivity index (χ1v) is 8.53. The molecule has 0 aliphatic carbocycles. The smallest absolute Gasteiger partial charge is 0.248 e. The molecule has 0 atom stereocenters. The highest BCUT2D eigenvalue weighted by atomic mass is 32.2. The minimum Gasteiger partial charge on any atom is -0.273 e. The highest BCUT2D eigenvalue weighted by molar-refractivity contribution is 8.00. The number of thioether (sulfide) groups is 1. The zero-order valence-electron chi connectivity index (χ0n) is 13.3. The van der Waals surface area contributed by atoms with Crippen molar-refractivity contribution in [2.75, 3.05) is 5.75 Å². The van der Waals surface area contributed by atoms with E-state index in [0.717, 1.165) is 16.0 Å². The molecule has 2 rings (SSSR count). The van der Waals surface area contributed by atoms with E-state index in [9.17, 15) is 14.0 Å². The van der Waals surface area contributed by atoms with Crippen molar-refractivity contribution in [2.24, 2.45) is 0 Å². The molecular weight excluding hydrogens is 327 g/mol. The minimum atomic E-state index is -0.304. The number of benzene rings is 2. The maximum Gasteiger partial charge on any atom is 0.248 e. The van der Waals surface area contributed by atoms with E-state index in [-0.39, 0.29) is 29.8 Å². The number of nitrogens with one attached hydrogen (secondary N) is 2. The second-order valence-corrected chi connectivity index (χ2v) is 6.37. The normalized spacial score (nSPS) is 10.2. The van der Waals surface area contributed by atoms with Crippen molar-refractivity contribution in [3.05, 3.63) is 65.5 Å². The molecule has 6 heteroatoms. The number of aryl methyl sites for hydroxylation is 2. The summed E-state index contributed by atoms with van der Waals surface area (Å²) >= 11 is 1.40. The molecule has 2 aromatic rings. The van der Waals surface area contributed by atoms with E-state index >= 15 is 0 Å². The van der Waals surface area contributed by atoms with E-state index in [4.69, 9.17) is 0 Å². The molecule has 0 spiro atoms. The van der Waals surface area contributed by atoms with Gasteiger partial charge in [0, 0.05) is 11.3 Å². The third kappa shape index (κ3) is 6.42. The monoisotopic (exact) mass is 346 g/mol. The highest BCUT2D eigenvalue weighted by Crippen LogP contribution is 2.17. The molecule has 2 N–H and O–H groups in total. The lowest BCUT2D eigenvalue weighted by molar-refractivity contribution is -0.127. The van der Waals surface area contributed by atoms with E-state index in [1.54, 1.807) is 12.1 Å². The van der Waals surface area contributed by atoms with Gasteiger partial charge in [-0.05, 0) is 43.2 Å². The molecule has 4 nitrogen and oxygen atoms in total. The van der Waals surface area contributed by atoms with Crippen LogP contribution in [0.5, 0.6) is 0 Å². The quantitative estimate of drug-likeness (QED) is 0.624. The molecule has 0 aliphatic rings. The Morgan fingerprint density at radius 3 is 2.25 bits per heavy atom. The number of carbonyl (C=O) groups excluding carboxylic acids is 2. The van der Waals surface area contributed by atoms with Gasteiger partial charge in [-0.2, -0.15) is 0 Å². The summed E-state index contributed by atoms with van der Waals surface area (Å²) in [6.07, 6.45) is 0.705. The topological polar surface area (TPSA) is 58.2 Å². The first-order chi connectivity index (χ1) is 11.5. The van der Waals surface area contributed by atoms with Crippen molar-refractivity contribution in [2.45, 2.75) is 24.7 Å². The fourth-order valence-electron chi connectivity index (χ4n) is 1.93. The van der Waals surface area contributed by atoms with Gasteiger partial charge in [-0.3, -0.25) is 20.4 Å². The molecule has 0 bridgehead atoms. The summed E-state index contributed by atoms with van der Waals surface area (Å²) in [5.74, 6) is -0.633. The number of rotatable bonds is 6. The Kier molecular flexibility index (Phi) is 6.81. The summed E-state index contributed by atoms with van der Waals surface area (Å²) < 4.78 is 12.8. The van der Waals surface area contributed by atoms with Crippen LogP contribution in [-0.2, 0) is 16.0 Å². The molecule has 0 aliphatic heterocycles. The van der Waals surface area contributed by atoms with Crippen LogP contribution in [0.4, 0.5) is 4.39 Å². The number of hydrogen-bond donors (Lipinski definition) is 2. The molecule has 0 radical (unpaired) electrons. The number of carbonyl (C=O) groups is 2. The van der Waals surface area contributed by atoms with Gasteiger partial charge in [0.05, 0.1) is 5.75 Å². The highest BCUT2D eigenvalue weighted by Gasteiger charge is 2.06. The second kappa shape index (κ2) is 9.08. The van der Waals surface area contributed by atoms with Crippen LogP contribution in [0.2, 0.25) is 0 Å². The van der Waals surface area contributed by atoms with Crippen molar-refractivity contribution in [1.82, 2.24) is 10.9 Å². The Morgan fingerprint density at radius 2 is 1.58 bits per heavy atom. The van der Waals surface area contributed by atoms with Gasteiger partial charge < -0.3 is 0 Å². The Bertz CT molecular complexity index is 626. The van der Waals surface area contributed by atoms with Crippen LogP contribution < -0.4 is 10.9 Å². The predicted octanol–water partition coefficient (Wildman–Crippen LogP) is 3.01. The van der Waals surface area contributed by atoms with Crippen LogP contribution >= 0.6 is 11.8 Å². The maximum absolute atomic E-state index is 12.8. The SMILES string of the molecule is Cc1ccc(SCC(=O)NNC(=O)CCc2ccc(F)cc2)cc1. The molecule has 0 heterocycles. The van der Waals surface area contributed by atoms with E-state index in [0.29, 0.717) is 6.42 Å². The standard InChI is InChI=1S/C18H19FN2O2S/c1-13-2-9-16(10-3-13)24-12-18(23)21-20-17(22)11-6-14-4-7-15(19)8-5-14/h2-5,7-10H,6,11-12H2,1H3,(H,20,22)(H,21,23). The molecule has 2 amide bonds. The van der Waals surface area contributed by atoms with Crippen LogP contribution in [0.25, 0.3) is 0 Å². The van der Waals surface area contributed by atoms with Gasteiger partial charge in [0.1, 0.15) is 5.82 Å². The van der Waals surface area contributed by atoms with Gasteiger partial charge in [0.15, 0.2) is 0 Å². The summed E-state index contributed by atoms with van der Waals surface area (Å²) in [5, 5.41) is 0. The molecule has 0 saturated carbocycles. The Labute approximate surface area is 144 Å². The summed E-state index contributed by atoms with van der Waals surface area (Å²) in [7, 11) is 0. The fourth-order valence-corrected chi connectivity index (χ4v) is 2.63. The van der Waals surface area contributed by atoms with Crippen LogP contribution in [0.1, 0.15) is 17.5 Å². The summed E-state index contributed by atoms with van der Waals surface area (Å²) in [5.41, 5.74) is 6.81. The molecule has 0 unspecified atom stereocenters. The van der Waals surface area contributed by atoms with Gasteiger partial charge in [0.25, 0.3) is 0 Å². The van der Waals surface area contributed by atoms with Gasteiger partial charge in [-0.1, -0.05) is 29.8 Å². The van der Waals surface area contributed by atoms with Crippen LogP contribution in [0.3, 0.4) is 0 Å². The molecule has 126 valence electrons. The Morgan fingerprint density at radius 1 is 0.958 bits per heavy atom. The maximum atomic E-state index is 12.8. The molecule has 0 fully saturated rings. The number of hydrazine groups is 1. The van der Waals surface area contributed by atoms with Crippen molar-refractivity contribution in [1.29, 1.82) is 0 Å². The van der Waals surface area contributed by atoms with Crippen molar-refractivity contribution in [3.63, 3.8) is 0 Å². The number of halogens is 1. The zero-order valence-corrected chi connectivity index (χ0v) is 14.2. The van der Waals surface area contributed by atoms with Crippen molar-refractivity contribution in [3.8, 4) is 0 Å². The van der Waals surface area contributed by atoms with Crippen molar-refractivity contribution < 1.29 is 14.0 Å². The van der Waals surface area contributed by atoms with Gasteiger partial charge in [-0.25, -0.2) is 4.39 Å². The lowest BCUT2D eigenvalue weighted by Crippen LogP contribution is -2.42. The van der Waals surface area contributed by atoms with E-state index in [2.05, 4.69) is 10.9 Å². The zero-order chi connectivity index (χ0) is 17.4. The van der Waals surface area contributed by atoms with E-state index < -0.39 is 0 Å².